The van der Waals surface area contributed by atoms with Crippen molar-refractivity contribution >= 4 is 12.3 Å². The van der Waals surface area contributed by atoms with E-state index in [9.17, 15) is 9.59 Å². The molecular weight excluding hydrogens is 398 g/mol. The van der Waals surface area contributed by atoms with Crippen molar-refractivity contribution in [1.29, 1.82) is 0 Å². The predicted octanol–water partition coefficient (Wildman–Crippen LogP) is 2.93. The minimum atomic E-state index is -1.05. The molecule has 0 heterocycles. The van der Waals surface area contributed by atoms with Crippen LogP contribution in [0, 0.1) is 0 Å². The molecule has 1 aliphatic carbocycles. The number of rotatable bonds is 6. The van der Waals surface area contributed by atoms with Crippen LogP contribution in [0.2, 0.25) is 0 Å². The van der Waals surface area contributed by atoms with Crippen molar-refractivity contribution in [2.75, 3.05) is 13.7 Å². The molecule has 1 fully saturated rings. The number of aliphatic carboxylic acids is 1. The molecule has 3 rings (SSSR count). The molecule has 0 aromatic heterocycles. The molecule has 1 saturated carbocycles. The zero-order valence-electron chi connectivity index (χ0n) is 17.9. The van der Waals surface area contributed by atoms with Crippen LogP contribution < -0.4 is 26.7 Å². The molecule has 2 aromatic rings. The Morgan fingerprint density at radius 1 is 1.10 bits per heavy atom. The van der Waals surface area contributed by atoms with E-state index in [2.05, 4.69) is 0 Å². The fraction of sp³-hybridized carbons (Fsp3) is 0.391. The van der Waals surface area contributed by atoms with Crippen molar-refractivity contribution in [3.8, 4) is 17.2 Å². The molecule has 0 bridgehead atoms. The lowest BCUT2D eigenvalue weighted by Gasteiger charge is -2.15. The van der Waals surface area contributed by atoms with Gasteiger partial charge in [0.25, 0.3) is 0 Å². The zero-order chi connectivity index (χ0) is 23.1. The van der Waals surface area contributed by atoms with Gasteiger partial charge in [-0.2, -0.15) is 0 Å². The molecule has 1 unspecified atom stereocenters. The van der Waals surface area contributed by atoms with Crippen LogP contribution >= 0.6 is 0 Å². The lowest BCUT2D eigenvalue weighted by molar-refractivity contribution is -0.138. The van der Waals surface area contributed by atoms with Gasteiger partial charge in [0.2, 0.25) is 0 Å². The summed E-state index contributed by atoms with van der Waals surface area (Å²) in [5.74, 6) is 1.06. The second-order valence-electron chi connectivity index (χ2n) is 7.05. The van der Waals surface area contributed by atoms with Gasteiger partial charge in [-0.15, -0.1) is 0 Å². The van der Waals surface area contributed by atoms with Crippen LogP contribution in [0.3, 0.4) is 0 Å². The van der Waals surface area contributed by atoms with Gasteiger partial charge in [-0.3, -0.25) is 9.59 Å². The molecule has 1 atom stereocenters. The van der Waals surface area contributed by atoms with Crippen LogP contribution in [0.4, 0.5) is 0 Å². The summed E-state index contributed by atoms with van der Waals surface area (Å²) < 4.78 is 10.7. The molecule has 0 amide bonds. The number of methoxy groups -OCH3 is 1. The number of aldehydes is 1. The van der Waals surface area contributed by atoms with Crippen LogP contribution in [0.15, 0.2) is 48.5 Å². The van der Waals surface area contributed by atoms with E-state index in [0.29, 0.717) is 23.1 Å². The molecule has 31 heavy (non-hydrogen) atoms. The third kappa shape index (κ3) is 11.1. The summed E-state index contributed by atoms with van der Waals surface area (Å²) in [6.07, 6.45) is 7.46. The first-order valence-corrected chi connectivity index (χ1v) is 10.2. The highest BCUT2D eigenvalue weighted by atomic mass is 16.5. The number of carboxylic acid groups (broad SMARTS) is 1. The second kappa shape index (κ2) is 15.0. The topological polar surface area (TPSA) is 151 Å². The predicted molar refractivity (Wildman–Crippen MR) is 121 cm³/mol. The lowest BCUT2D eigenvalue weighted by Crippen LogP contribution is -2.37. The molecular formula is C23H33N3O5. The average molecular weight is 432 g/mol. The molecule has 2 aromatic carbocycles. The maximum absolute atomic E-state index is 10.6. The van der Waals surface area contributed by atoms with Crippen LogP contribution in [-0.2, 0) is 4.79 Å². The lowest BCUT2D eigenvalue weighted by atomic mass is 9.97. The van der Waals surface area contributed by atoms with E-state index in [1.165, 1.54) is 32.1 Å². The van der Waals surface area contributed by atoms with Crippen LogP contribution in [0.1, 0.15) is 42.5 Å². The van der Waals surface area contributed by atoms with Crippen molar-refractivity contribution in [3.63, 3.8) is 0 Å². The smallest absolute Gasteiger partial charge is 0.321 e. The summed E-state index contributed by atoms with van der Waals surface area (Å²) >= 11 is 0. The first kappa shape index (κ1) is 26.1. The van der Waals surface area contributed by atoms with E-state index in [1.54, 1.807) is 31.4 Å². The van der Waals surface area contributed by atoms with Gasteiger partial charge in [0.1, 0.15) is 29.6 Å². The van der Waals surface area contributed by atoms with E-state index in [1.807, 2.05) is 24.3 Å². The SMILES string of the molecule is COc1ccc(Oc2cccc(C=O)c2)cc1.NC1CCCCC1.NCC(N)C(=O)O. The Morgan fingerprint density at radius 2 is 1.71 bits per heavy atom. The minimum absolute atomic E-state index is 0.00463. The third-order valence-electron chi connectivity index (χ3n) is 4.51. The first-order chi connectivity index (χ1) is 14.9. The van der Waals surface area contributed by atoms with E-state index in [4.69, 9.17) is 31.8 Å². The van der Waals surface area contributed by atoms with E-state index >= 15 is 0 Å². The molecule has 0 saturated heterocycles. The Hall–Kier alpha value is -2.94. The highest BCUT2D eigenvalue weighted by molar-refractivity contribution is 5.75. The quantitative estimate of drug-likeness (QED) is 0.510. The fourth-order valence-corrected chi connectivity index (χ4v) is 2.67. The largest absolute Gasteiger partial charge is 0.497 e. The zero-order valence-corrected chi connectivity index (χ0v) is 17.9. The van der Waals surface area contributed by atoms with Crippen LogP contribution in [0.5, 0.6) is 17.2 Å². The normalized spacial score (nSPS) is 14.1. The standard InChI is InChI=1S/C14H12O3.C6H13N.C3H8N2O2/c1-16-12-5-7-13(8-6-12)17-14-4-2-3-11(9-14)10-15;7-6-4-2-1-3-5-6;4-1-2(5)3(6)7/h2-10H,1H3;6H,1-5,7H2;2H,1,4-5H2,(H,6,7). The van der Waals surface area contributed by atoms with Gasteiger partial charge in [-0.05, 0) is 49.2 Å². The summed E-state index contributed by atoms with van der Waals surface area (Å²) in [6, 6.07) is 13.9. The van der Waals surface area contributed by atoms with Gasteiger partial charge in [0.05, 0.1) is 7.11 Å². The van der Waals surface area contributed by atoms with Gasteiger partial charge in [-0.25, -0.2) is 0 Å². The molecule has 0 aliphatic heterocycles. The molecule has 1 aliphatic rings. The number of ether oxygens (including phenoxy) is 2. The van der Waals surface area contributed by atoms with E-state index in [-0.39, 0.29) is 6.54 Å². The Morgan fingerprint density at radius 3 is 2.13 bits per heavy atom. The van der Waals surface area contributed by atoms with Gasteiger partial charge in [0.15, 0.2) is 0 Å². The van der Waals surface area contributed by atoms with Crippen molar-refractivity contribution in [2.24, 2.45) is 17.2 Å². The highest BCUT2D eigenvalue weighted by Crippen LogP contribution is 2.24. The van der Waals surface area contributed by atoms with E-state index < -0.39 is 12.0 Å². The van der Waals surface area contributed by atoms with Crippen molar-refractivity contribution in [3.05, 3.63) is 54.1 Å². The number of hydrogen-bond donors (Lipinski definition) is 4. The monoisotopic (exact) mass is 431 g/mol. The molecule has 170 valence electrons. The van der Waals surface area contributed by atoms with Gasteiger partial charge >= 0.3 is 5.97 Å². The fourth-order valence-electron chi connectivity index (χ4n) is 2.67. The van der Waals surface area contributed by atoms with Crippen LogP contribution in [-0.4, -0.2) is 43.1 Å². The summed E-state index contributed by atoms with van der Waals surface area (Å²) in [4.78, 5) is 20.3. The minimum Gasteiger partial charge on any atom is -0.497 e. The average Bonchev–Trinajstić information content (AvgIpc) is 2.80. The van der Waals surface area contributed by atoms with Crippen molar-refractivity contribution < 1.29 is 24.2 Å². The molecule has 8 nitrogen and oxygen atoms in total. The Bertz CT molecular complexity index is 777. The van der Waals surface area contributed by atoms with Gasteiger partial charge in [-0.1, -0.05) is 31.4 Å². The van der Waals surface area contributed by atoms with Gasteiger partial charge < -0.3 is 31.8 Å². The number of nitrogens with two attached hydrogens (primary N) is 3. The number of hydrogen-bond acceptors (Lipinski definition) is 7. The number of carbonyl (C=O) groups is 2. The molecule has 7 N–H and O–H groups in total. The van der Waals surface area contributed by atoms with E-state index in [0.717, 1.165) is 12.0 Å². The Balaban J connectivity index is 0.000000283. The number of carbonyl (C=O) groups excluding carboxylic acids is 1. The van der Waals surface area contributed by atoms with Crippen LogP contribution in [0.25, 0.3) is 0 Å². The number of carboxylic acids is 1. The maximum Gasteiger partial charge on any atom is 0.321 e. The number of benzene rings is 2. The second-order valence-corrected chi connectivity index (χ2v) is 7.05. The van der Waals surface area contributed by atoms with Crippen molar-refractivity contribution in [1.82, 2.24) is 0 Å². The summed E-state index contributed by atoms with van der Waals surface area (Å²) in [6.45, 7) is -0.00463. The Kier molecular flexibility index (Phi) is 12.6. The first-order valence-electron chi connectivity index (χ1n) is 10.2. The Labute approximate surface area is 183 Å². The summed E-state index contributed by atoms with van der Waals surface area (Å²) in [7, 11) is 1.61. The molecule has 0 radical (unpaired) electrons. The molecule has 8 heteroatoms. The van der Waals surface area contributed by atoms with Gasteiger partial charge in [0, 0.05) is 18.2 Å². The summed E-state index contributed by atoms with van der Waals surface area (Å²) in [5.41, 5.74) is 16.0. The maximum atomic E-state index is 10.6. The van der Waals surface area contributed by atoms with Crippen molar-refractivity contribution in [2.45, 2.75) is 44.2 Å². The highest BCUT2D eigenvalue weighted by Gasteiger charge is 2.06. The third-order valence-corrected chi connectivity index (χ3v) is 4.51. The summed E-state index contributed by atoms with van der Waals surface area (Å²) in [5, 5.41) is 7.98. The molecule has 0 spiro atoms.